The Balaban J connectivity index is 1.87. The van der Waals surface area contributed by atoms with E-state index in [1.54, 1.807) is 11.3 Å². The molecule has 1 aromatic heterocycles. The highest BCUT2D eigenvalue weighted by Gasteiger charge is 2.10. The Morgan fingerprint density at radius 1 is 1.20 bits per heavy atom. The maximum atomic E-state index is 4.65. The maximum Gasteiger partial charge on any atom is 0.184 e. The van der Waals surface area contributed by atoms with Gasteiger partial charge in [-0.15, -0.1) is 0 Å². The molecule has 1 N–H and O–H groups in total. The maximum absolute atomic E-state index is 4.65. The average molecular weight is 347 g/mol. The minimum atomic E-state index is 0.250. The molecule has 0 aliphatic rings. The summed E-state index contributed by atoms with van der Waals surface area (Å²) in [4.78, 5) is 4.65. The number of fused-ring (bicyclic) bond motifs is 1. The van der Waals surface area contributed by atoms with Gasteiger partial charge >= 0.3 is 0 Å². The highest BCUT2D eigenvalue weighted by Crippen LogP contribution is 2.30. The molecule has 1 atom stereocenters. The van der Waals surface area contributed by atoms with E-state index in [-0.39, 0.29) is 6.04 Å². The molecule has 102 valence electrons. The highest BCUT2D eigenvalue weighted by atomic mass is 79.9. The Hall–Kier alpha value is -1.39. The number of anilines is 1. The SMILES string of the molecule is Cc1ccccc1C(C)Nc1nc2cc(Br)ccc2s1. The minimum absolute atomic E-state index is 0.250. The van der Waals surface area contributed by atoms with Crippen molar-refractivity contribution >= 4 is 42.6 Å². The van der Waals surface area contributed by atoms with Gasteiger partial charge in [-0.05, 0) is 43.2 Å². The summed E-state index contributed by atoms with van der Waals surface area (Å²) in [7, 11) is 0. The molecule has 1 heterocycles. The van der Waals surface area contributed by atoms with E-state index in [0.29, 0.717) is 0 Å². The summed E-state index contributed by atoms with van der Waals surface area (Å²) in [6, 6.07) is 14.9. The van der Waals surface area contributed by atoms with E-state index in [4.69, 9.17) is 0 Å². The first kappa shape index (κ1) is 13.6. The van der Waals surface area contributed by atoms with Crippen molar-refractivity contribution in [2.45, 2.75) is 19.9 Å². The van der Waals surface area contributed by atoms with Crippen molar-refractivity contribution in [3.8, 4) is 0 Å². The lowest BCUT2D eigenvalue weighted by Gasteiger charge is -2.15. The number of benzene rings is 2. The van der Waals surface area contributed by atoms with Crippen molar-refractivity contribution in [1.29, 1.82) is 0 Å². The summed E-state index contributed by atoms with van der Waals surface area (Å²) in [5.74, 6) is 0. The number of aryl methyl sites for hydroxylation is 1. The van der Waals surface area contributed by atoms with Gasteiger partial charge in [0.1, 0.15) is 0 Å². The standard InChI is InChI=1S/C16H15BrN2S/c1-10-5-3-4-6-13(10)11(2)18-16-19-14-9-12(17)7-8-15(14)20-16/h3-9,11H,1-2H3,(H,18,19). The summed E-state index contributed by atoms with van der Waals surface area (Å²) < 4.78 is 2.27. The first-order valence-corrected chi connectivity index (χ1v) is 8.12. The molecule has 20 heavy (non-hydrogen) atoms. The van der Waals surface area contributed by atoms with Crippen LogP contribution in [-0.4, -0.2) is 4.98 Å². The third-order valence-corrected chi connectivity index (χ3v) is 4.81. The number of hydrogen-bond acceptors (Lipinski definition) is 3. The van der Waals surface area contributed by atoms with Crippen molar-refractivity contribution in [3.63, 3.8) is 0 Å². The molecule has 1 unspecified atom stereocenters. The Morgan fingerprint density at radius 3 is 2.80 bits per heavy atom. The minimum Gasteiger partial charge on any atom is -0.355 e. The zero-order chi connectivity index (χ0) is 14.1. The van der Waals surface area contributed by atoms with E-state index in [9.17, 15) is 0 Å². The molecule has 0 amide bonds. The quantitative estimate of drug-likeness (QED) is 0.673. The lowest BCUT2D eigenvalue weighted by molar-refractivity contribution is 0.872. The van der Waals surface area contributed by atoms with Crippen LogP contribution in [0.2, 0.25) is 0 Å². The second-order valence-electron chi connectivity index (χ2n) is 4.85. The molecule has 2 nitrogen and oxygen atoms in total. The number of thiazole rings is 1. The predicted molar refractivity (Wildman–Crippen MR) is 90.5 cm³/mol. The predicted octanol–water partition coefficient (Wildman–Crippen LogP) is 5.54. The van der Waals surface area contributed by atoms with Crippen LogP contribution in [0.15, 0.2) is 46.9 Å². The molecule has 0 aliphatic carbocycles. The van der Waals surface area contributed by atoms with Gasteiger partial charge < -0.3 is 5.32 Å². The van der Waals surface area contributed by atoms with Gasteiger partial charge in [-0.2, -0.15) is 0 Å². The molecule has 4 heteroatoms. The normalized spacial score (nSPS) is 12.6. The van der Waals surface area contributed by atoms with Crippen molar-refractivity contribution in [3.05, 3.63) is 58.1 Å². The number of halogens is 1. The topological polar surface area (TPSA) is 24.9 Å². The molecule has 0 saturated heterocycles. The van der Waals surface area contributed by atoms with E-state index in [1.807, 2.05) is 0 Å². The second kappa shape index (κ2) is 5.54. The van der Waals surface area contributed by atoms with Gasteiger partial charge in [0.2, 0.25) is 0 Å². The molecular formula is C16H15BrN2S. The Morgan fingerprint density at radius 2 is 2.00 bits per heavy atom. The number of rotatable bonds is 3. The van der Waals surface area contributed by atoms with Crippen LogP contribution in [0, 0.1) is 6.92 Å². The molecule has 2 aromatic carbocycles. The van der Waals surface area contributed by atoms with Crippen LogP contribution < -0.4 is 5.32 Å². The van der Waals surface area contributed by atoms with E-state index in [2.05, 4.69) is 82.5 Å². The van der Waals surface area contributed by atoms with Crippen molar-refractivity contribution in [2.75, 3.05) is 5.32 Å². The lowest BCUT2D eigenvalue weighted by Crippen LogP contribution is -2.07. The smallest absolute Gasteiger partial charge is 0.184 e. The molecular weight excluding hydrogens is 332 g/mol. The third-order valence-electron chi connectivity index (χ3n) is 3.34. The summed E-state index contributed by atoms with van der Waals surface area (Å²) in [6.07, 6.45) is 0. The summed E-state index contributed by atoms with van der Waals surface area (Å²) in [5.41, 5.74) is 3.65. The van der Waals surface area contributed by atoms with E-state index in [1.165, 1.54) is 15.8 Å². The molecule has 3 aromatic rings. The van der Waals surface area contributed by atoms with Crippen LogP contribution in [-0.2, 0) is 0 Å². The Labute approximate surface area is 131 Å². The number of aromatic nitrogens is 1. The summed E-state index contributed by atoms with van der Waals surface area (Å²) in [6.45, 7) is 4.31. The van der Waals surface area contributed by atoms with Gasteiger partial charge in [-0.25, -0.2) is 4.98 Å². The van der Waals surface area contributed by atoms with E-state index >= 15 is 0 Å². The first-order valence-electron chi connectivity index (χ1n) is 6.51. The van der Waals surface area contributed by atoms with Crippen LogP contribution in [0.25, 0.3) is 10.2 Å². The summed E-state index contributed by atoms with van der Waals surface area (Å²) >= 11 is 5.17. The Kier molecular flexibility index (Phi) is 3.76. The molecule has 0 aliphatic heterocycles. The number of nitrogens with one attached hydrogen (secondary N) is 1. The van der Waals surface area contributed by atoms with Gasteiger partial charge in [0.25, 0.3) is 0 Å². The van der Waals surface area contributed by atoms with Gasteiger partial charge in [-0.1, -0.05) is 51.5 Å². The average Bonchev–Trinajstić information content (AvgIpc) is 2.80. The molecule has 0 radical (unpaired) electrons. The summed E-state index contributed by atoms with van der Waals surface area (Å²) in [5, 5.41) is 4.47. The molecule has 0 spiro atoms. The van der Waals surface area contributed by atoms with E-state index in [0.717, 1.165) is 15.1 Å². The first-order chi connectivity index (χ1) is 9.63. The van der Waals surface area contributed by atoms with Gasteiger partial charge in [0.05, 0.1) is 16.3 Å². The second-order valence-corrected chi connectivity index (χ2v) is 6.80. The van der Waals surface area contributed by atoms with Gasteiger partial charge in [-0.3, -0.25) is 0 Å². The van der Waals surface area contributed by atoms with E-state index < -0.39 is 0 Å². The van der Waals surface area contributed by atoms with Crippen molar-refractivity contribution in [2.24, 2.45) is 0 Å². The zero-order valence-corrected chi connectivity index (χ0v) is 13.8. The van der Waals surface area contributed by atoms with Crippen LogP contribution >= 0.6 is 27.3 Å². The molecule has 0 bridgehead atoms. The van der Waals surface area contributed by atoms with Crippen molar-refractivity contribution in [1.82, 2.24) is 4.98 Å². The largest absolute Gasteiger partial charge is 0.355 e. The van der Waals surface area contributed by atoms with Gasteiger partial charge in [0.15, 0.2) is 5.13 Å². The molecule has 0 fully saturated rings. The fourth-order valence-corrected chi connectivity index (χ4v) is 3.58. The van der Waals surface area contributed by atoms with Crippen LogP contribution in [0.1, 0.15) is 24.1 Å². The van der Waals surface area contributed by atoms with Crippen LogP contribution in [0.3, 0.4) is 0 Å². The Bertz CT molecular complexity index is 751. The van der Waals surface area contributed by atoms with Crippen LogP contribution in [0.5, 0.6) is 0 Å². The number of nitrogens with zero attached hydrogens (tertiary/aromatic N) is 1. The molecule has 3 rings (SSSR count). The van der Waals surface area contributed by atoms with Crippen LogP contribution in [0.4, 0.5) is 5.13 Å². The highest BCUT2D eigenvalue weighted by molar-refractivity contribution is 9.10. The zero-order valence-electron chi connectivity index (χ0n) is 11.4. The fraction of sp³-hybridized carbons (Fsp3) is 0.188. The monoisotopic (exact) mass is 346 g/mol. The molecule has 0 saturated carbocycles. The fourth-order valence-electron chi connectivity index (χ4n) is 2.30. The third kappa shape index (κ3) is 2.72. The lowest BCUT2D eigenvalue weighted by atomic mass is 10.0. The van der Waals surface area contributed by atoms with Gasteiger partial charge in [0, 0.05) is 4.47 Å². The number of hydrogen-bond donors (Lipinski definition) is 1. The van der Waals surface area contributed by atoms with Crippen molar-refractivity contribution < 1.29 is 0 Å².